The first-order chi connectivity index (χ1) is 19.3. The van der Waals surface area contributed by atoms with Crippen molar-refractivity contribution in [2.75, 3.05) is 5.32 Å². The number of aliphatic hydroxyl groups excluding tert-OH is 1. The van der Waals surface area contributed by atoms with E-state index in [1.54, 1.807) is 30.3 Å². The third-order valence-electron chi connectivity index (χ3n) is 6.02. The third kappa shape index (κ3) is 5.45. The van der Waals surface area contributed by atoms with Crippen molar-refractivity contribution >= 4 is 22.6 Å². The zero-order valence-electron chi connectivity index (χ0n) is 20.4. The van der Waals surface area contributed by atoms with E-state index in [0.29, 0.717) is 11.8 Å². The average Bonchev–Trinajstić information content (AvgIpc) is 3.29. The van der Waals surface area contributed by atoms with Crippen LogP contribution in [0.4, 0.5) is 36.6 Å². The fourth-order valence-corrected chi connectivity index (χ4v) is 4.12. The minimum Gasteiger partial charge on any atom is -0.379 e. The smallest absolute Gasteiger partial charge is 0.379 e. The summed E-state index contributed by atoms with van der Waals surface area (Å²) in [5.74, 6) is -3.17. The van der Waals surface area contributed by atoms with Crippen LogP contribution >= 0.6 is 0 Å². The van der Waals surface area contributed by atoms with E-state index < -0.39 is 58.3 Å². The van der Waals surface area contributed by atoms with Crippen molar-refractivity contribution in [1.82, 2.24) is 19.7 Å². The van der Waals surface area contributed by atoms with Crippen LogP contribution in [-0.4, -0.2) is 36.9 Å². The zero-order valence-corrected chi connectivity index (χ0v) is 20.4. The molecule has 2 N–H and O–H groups in total. The Morgan fingerprint density at radius 3 is 2.22 bits per heavy atom. The molecule has 0 spiro atoms. The molecule has 41 heavy (non-hydrogen) atoms. The monoisotopic (exact) mass is 575 g/mol. The van der Waals surface area contributed by atoms with Crippen molar-refractivity contribution in [3.8, 4) is 17.1 Å². The summed E-state index contributed by atoms with van der Waals surface area (Å²) in [6, 6.07) is 13.4. The van der Waals surface area contributed by atoms with Crippen LogP contribution in [0.3, 0.4) is 0 Å². The minimum absolute atomic E-state index is 0.0591. The average molecular weight is 575 g/mol. The number of halogens is 7. The lowest BCUT2D eigenvalue weighted by atomic mass is 10.0. The van der Waals surface area contributed by atoms with E-state index in [2.05, 4.69) is 20.4 Å². The van der Waals surface area contributed by atoms with Crippen LogP contribution in [0.1, 0.15) is 27.6 Å². The molecule has 210 valence electrons. The molecule has 7 nitrogen and oxygen atoms in total. The topological polar surface area (TPSA) is 92.9 Å². The standard InChI is InChI=1S/C27H16F7N5O2/c28-20-13-19(26(29,30)31)17(23-35-9-4-10-36-23)12-18(20)25(41)37-24-16-8-7-14(22(40)27(32,33)34)11-21(16)38-39(24)15-5-2-1-3-6-15/h1-13,22,40H,(H,37,41)/t22-/m1/s1. The molecule has 0 aliphatic rings. The number of hydrogen-bond donors (Lipinski definition) is 2. The normalized spacial score (nSPS) is 12.9. The number of para-hydroxylation sites is 1. The molecule has 2 heterocycles. The molecular formula is C27H16F7N5O2. The molecule has 0 aliphatic heterocycles. The number of alkyl halides is 6. The summed E-state index contributed by atoms with van der Waals surface area (Å²) in [4.78, 5) is 20.9. The van der Waals surface area contributed by atoms with Gasteiger partial charge in [-0.2, -0.15) is 31.4 Å². The van der Waals surface area contributed by atoms with E-state index >= 15 is 0 Å². The molecule has 3 aromatic carbocycles. The molecule has 0 aliphatic carbocycles. The van der Waals surface area contributed by atoms with Gasteiger partial charge in [-0.25, -0.2) is 19.0 Å². The van der Waals surface area contributed by atoms with E-state index in [-0.39, 0.29) is 22.8 Å². The Labute approximate surface area is 225 Å². The number of carbonyl (C=O) groups excluding carboxylic acids is 1. The second-order valence-electron chi connectivity index (χ2n) is 8.72. The summed E-state index contributed by atoms with van der Waals surface area (Å²) in [6.07, 6.45) is -10.4. The minimum atomic E-state index is -4.99. The number of fused-ring (bicyclic) bond motifs is 1. The first-order valence-electron chi connectivity index (χ1n) is 11.7. The Kier molecular flexibility index (Phi) is 6.95. The Morgan fingerprint density at radius 2 is 1.59 bits per heavy atom. The Balaban J connectivity index is 1.63. The van der Waals surface area contributed by atoms with Gasteiger partial charge in [0.05, 0.1) is 22.3 Å². The van der Waals surface area contributed by atoms with Gasteiger partial charge < -0.3 is 10.4 Å². The highest BCUT2D eigenvalue weighted by Crippen LogP contribution is 2.38. The van der Waals surface area contributed by atoms with Gasteiger partial charge in [0.2, 0.25) is 0 Å². The van der Waals surface area contributed by atoms with Gasteiger partial charge >= 0.3 is 12.4 Å². The summed E-state index contributed by atoms with van der Waals surface area (Å²) < 4.78 is 96.5. The van der Waals surface area contributed by atoms with Gasteiger partial charge in [0, 0.05) is 23.3 Å². The van der Waals surface area contributed by atoms with Crippen molar-refractivity contribution in [2.24, 2.45) is 0 Å². The van der Waals surface area contributed by atoms with Crippen molar-refractivity contribution < 1.29 is 40.6 Å². The maximum atomic E-state index is 15.0. The Morgan fingerprint density at radius 1 is 0.902 bits per heavy atom. The van der Waals surface area contributed by atoms with Crippen LogP contribution < -0.4 is 5.32 Å². The molecule has 0 saturated heterocycles. The van der Waals surface area contributed by atoms with Crippen LogP contribution in [0.2, 0.25) is 0 Å². The van der Waals surface area contributed by atoms with Crippen molar-refractivity contribution in [1.29, 1.82) is 0 Å². The summed E-state index contributed by atoms with van der Waals surface area (Å²) in [5, 5.41) is 16.5. The van der Waals surface area contributed by atoms with Gasteiger partial charge in [0.25, 0.3) is 5.91 Å². The fourth-order valence-electron chi connectivity index (χ4n) is 4.12. The Bertz CT molecular complexity index is 1740. The molecule has 0 radical (unpaired) electrons. The predicted molar refractivity (Wildman–Crippen MR) is 132 cm³/mol. The number of nitrogens with zero attached hydrogens (tertiary/aromatic N) is 4. The maximum absolute atomic E-state index is 15.0. The number of benzene rings is 3. The van der Waals surface area contributed by atoms with E-state index in [0.717, 1.165) is 16.8 Å². The number of aliphatic hydroxyl groups is 1. The van der Waals surface area contributed by atoms with Gasteiger partial charge in [-0.05, 0) is 48.0 Å². The molecule has 0 fully saturated rings. The lowest BCUT2D eigenvalue weighted by molar-refractivity contribution is -0.206. The number of aromatic nitrogens is 4. The number of nitrogens with one attached hydrogen (secondary N) is 1. The van der Waals surface area contributed by atoms with E-state index in [1.807, 2.05) is 0 Å². The third-order valence-corrected chi connectivity index (χ3v) is 6.02. The van der Waals surface area contributed by atoms with Gasteiger partial charge in [0.1, 0.15) is 11.6 Å². The second kappa shape index (κ2) is 10.3. The van der Waals surface area contributed by atoms with Crippen molar-refractivity contribution in [2.45, 2.75) is 18.5 Å². The first-order valence-corrected chi connectivity index (χ1v) is 11.7. The molecular weight excluding hydrogens is 559 g/mol. The van der Waals surface area contributed by atoms with Crippen molar-refractivity contribution in [3.05, 3.63) is 102 Å². The van der Waals surface area contributed by atoms with Gasteiger partial charge in [-0.1, -0.05) is 24.3 Å². The molecule has 5 rings (SSSR count). The number of amides is 1. The SMILES string of the molecule is O=C(Nc1c2ccc([C@@H](O)C(F)(F)F)cc2nn1-c1ccccc1)c1cc(-c2ncccn2)c(C(F)(F)F)cc1F. The fraction of sp³-hybridized carbons (Fsp3) is 0.111. The summed E-state index contributed by atoms with van der Waals surface area (Å²) >= 11 is 0. The van der Waals surface area contributed by atoms with Crippen LogP contribution in [-0.2, 0) is 6.18 Å². The number of carbonyl (C=O) groups is 1. The first kappa shape index (κ1) is 27.7. The lowest BCUT2D eigenvalue weighted by Gasteiger charge is -2.15. The van der Waals surface area contributed by atoms with E-state index in [1.165, 1.54) is 24.5 Å². The molecule has 0 saturated carbocycles. The highest BCUT2D eigenvalue weighted by Gasteiger charge is 2.40. The number of hydrogen-bond acceptors (Lipinski definition) is 5. The molecule has 0 bridgehead atoms. The molecule has 2 aromatic heterocycles. The van der Waals surface area contributed by atoms with Gasteiger partial charge in [0.15, 0.2) is 11.9 Å². The van der Waals surface area contributed by atoms with Gasteiger partial charge in [-0.15, -0.1) is 0 Å². The maximum Gasteiger partial charge on any atom is 0.418 e. The molecule has 1 amide bonds. The molecule has 14 heteroatoms. The summed E-state index contributed by atoms with van der Waals surface area (Å²) in [6.45, 7) is 0. The summed E-state index contributed by atoms with van der Waals surface area (Å²) in [5.41, 5.74) is -3.04. The lowest BCUT2D eigenvalue weighted by Crippen LogP contribution is -2.20. The van der Waals surface area contributed by atoms with Crippen LogP contribution in [0.25, 0.3) is 28.0 Å². The second-order valence-corrected chi connectivity index (χ2v) is 8.72. The highest BCUT2D eigenvalue weighted by molar-refractivity contribution is 6.09. The van der Waals surface area contributed by atoms with Crippen LogP contribution in [0, 0.1) is 5.82 Å². The van der Waals surface area contributed by atoms with Crippen molar-refractivity contribution in [3.63, 3.8) is 0 Å². The molecule has 0 unspecified atom stereocenters. The largest absolute Gasteiger partial charge is 0.418 e. The quantitative estimate of drug-likeness (QED) is 0.234. The van der Waals surface area contributed by atoms with E-state index in [4.69, 9.17) is 0 Å². The highest BCUT2D eigenvalue weighted by atomic mass is 19.4. The summed E-state index contributed by atoms with van der Waals surface area (Å²) in [7, 11) is 0. The zero-order chi connectivity index (χ0) is 29.5. The predicted octanol–water partition coefficient (Wildman–Crippen LogP) is 6.49. The Hall–Kier alpha value is -4.85. The van der Waals surface area contributed by atoms with Gasteiger partial charge in [-0.3, -0.25) is 4.79 Å². The van der Waals surface area contributed by atoms with Crippen LogP contribution in [0.5, 0.6) is 0 Å². The number of rotatable bonds is 5. The van der Waals surface area contributed by atoms with Crippen LogP contribution in [0.15, 0.2) is 79.1 Å². The molecule has 1 atom stereocenters. The van der Waals surface area contributed by atoms with E-state index in [9.17, 15) is 40.6 Å². The number of anilines is 1. The molecule has 5 aromatic rings.